The summed E-state index contributed by atoms with van der Waals surface area (Å²) in [6.07, 6.45) is 2.07. The summed E-state index contributed by atoms with van der Waals surface area (Å²) >= 11 is 0. The summed E-state index contributed by atoms with van der Waals surface area (Å²) in [4.78, 5) is 13.1. The van der Waals surface area contributed by atoms with Crippen molar-refractivity contribution in [1.29, 1.82) is 0 Å². The number of carbonyl (C=O) groups is 1. The Morgan fingerprint density at radius 1 is 1.20 bits per heavy atom. The maximum absolute atomic E-state index is 11.9. The molecule has 0 saturated heterocycles. The third-order valence-electron chi connectivity index (χ3n) is 2.20. The van der Waals surface area contributed by atoms with Gasteiger partial charge in [0.25, 0.3) is 0 Å². The van der Waals surface area contributed by atoms with Crippen molar-refractivity contribution < 1.29 is 4.79 Å². The number of carbonyl (C=O) groups excluding carboxylic acids is 1. The molecule has 0 radical (unpaired) electrons. The quantitative estimate of drug-likeness (QED) is 0.552. The fourth-order valence-electron chi connectivity index (χ4n) is 1.27. The van der Waals surface area contributed by atoms with Crippen molar-refractivity contribution >= 4 is 22.1 Å². The van der Waals surface area contributed by atoms with E-state index in [1.54, 1.807) is 0 Å². The Labute approximate surface area is 94.4 Å². The fraction of sp³-hybridized carbons (Fsp3) is 0.385. The van der Waals surface area contributed by atoms with Gasteiger partial charge in [-0.2, -0.15) is 10.5 Å². The van der Waals surface area contributed by atoms with E-state index < -0.39 is 0 Å². The van der Waals surface area contributed by atoms with E-state index in [9.17, 15) is 4.79 Å². The van der Waals surface area contributed by atoms with Gasteiger partial charge in [-0.1, -0.05) is 38.8 Å². The summed E-state index contributed by atoms with van der Waals surface area (Å²) in [6, 6.07) is 7.79. The van der Waals surface area contributed by atoms with Gasteiger partial charge >= 0.3 is 0 Å². The molecule has 1 rings (SSSR count). The molecular formula is C13H18OS. The van der Waals surface area contributed by atoms with Gasteiger partial charge in [-0.05, 0) is 18.4 Å². The van der Waals surface area contributed by atoms with Crippen LogP contribution in [0, 0.1) is 5.41 Å². The van der Waals surface area contributed by atoms with Gasteiger partial charge in [0, 0.05) is 15.9 Å². The number of rotatable bonds is 2. The van der Waals surface area contributed by atoms with Gasteiger partial charge < -0.3 is 0 Å². The Morgan fingerprint density at radius 2 is 1.67 bits per heavy atom. The standard InChI is InChI=1S/C13H18OS/c1-13(2,3)12(14)10-6-8-11(9-7-10)15(4)5/h6-9H,4H2,1-3,5H3. The van der Waals surface area contributed by atoms with Crippen LogP contribution < -0.4 is 0 Å². The fourth-order valence-corrected chi connectivity index (χ4v) is 1.87. The highest BCUT2D eigenvalue weighted by atomic mass is 32.2. The average Bonchev–Trinajstić information content (AvgIpc) is 2.15. The lowest BCUT2D eigenvalue weighted by Crippen LogP contribution is -2.19. The summed E-state index contributed by atoms with van der Waals surface area (Å²) in [5, 5.41) is 0. The molecule has 0 fully saturated rings. The van der Waals surface area contributed by atoms with E-state index >= 15 is 0 Å². The van der Waals surface area contributed by atoms with Crippen LogP contribution in [-0.4, -0.2) is 17.9 Å². The van der Waals surface area contributed by atoms with E-state index in [0.29, 0.717) is 0 Å². The molecule has 1 atom stereocenters. The lowest BCUT2D eigenvalue weighted by molar-refractivity contribution is 0.0858. The van der Waals surface area contributed by atoms with E-state index in [4.69, 9.17) is 0 Å². The minimum Gasteiger partial charge on any atom is -0.294 e. The predicted octanol–water partition coefficient (Wildman–Crippen LogP) is 3.61. The summed E-state index contributed by atoms with van der Waals surface area (Å²) in [5.41, 5.74) is 0.483. The van der Waals surface area contributed by atoms with Gasteiger partial charge in [0.2, 0.25) is 0 Å². The van der Waals surface area contributed by atoms with E-state index in [0.717, 1.165) is 5.56 Å². The van der Waals surface area contributed by atoms with Crippen LogP contribution >= 0.6 is 10.5 Å². The molecule has 0 N–H and O–H groups in total. The molecule has 1 nitrogen and oxygen atoms in total. The van der Waals surface area contributed by atoms with Gasteiger partial charge in [-0.25, -0.2) is 0 Å². The zero-order valence-corrected chi connectivity index (χ0v) is 10.6. The molecule has 0 aliphatic carbocycles. The highest BCUT2D eigenvalue weighted by molar-refractivity contribution is 8.13. The highest BCUT2D eigenvalue weighted by Gasteiger charge is 2.22. The molecule has 1 aromatic carbocycles. The van der Waals surface area contributed by atoms with Crippen LogP contribution in [0.4, 0.5) is 0 Å². The van der Waals surface area contributed by atoms with Crippen LogP contribution in [0.3, 0.4) is 0 Å². The zero-order chi connectivity index (χ0) is 11.6. The van der Waals surface area contributed by atoms with E-state index in [1.165, 1.54) is 4.90 Å². The molecule has 15 heavy (non-hydrogen) atoms. The van der Waals surface area contributed by atoms with E-state index in [-0.39, 0.29) is 21.7 Å². The van der Waals surface area contributed by atoms with Crippen LogP contribution in [0.1, 0.15) is 31.1 Å². The van der Waals surface area contributed by atoms with Crippen molar-refractivity contribution in [3.05, 3.63) is 29.8 Å². The van der Waals surface area contributed by atoms with Gasteiger partial charge in [0.1, 0.15) is 0 Å². The number of Topliss-reactive ketones (excluding diaryl/α,β-unsaturated/α-hetero) is 1. The largest absolute Gasteiger partial charge is 0.294 e. The number of hydrogen-bond acceptors (Lipinski definition) is 1. The molecule has 0 bridgehead atoms. The molecule has 0 aromatic heterocycles. The second kappa shape index (κ2) is 4.31. The Morgan fingerprint density at radius 3 is 2.00 bits per heavy atom. The molecular weight excluding hydrogens is 204 g/mol. The summed E-state index contributed by atoms with van der Waals surface area (Å²) in [6.45, 7) is 5.82. The number of benzene rings is 1. The minimum atomic E-state index is -0.306. The Bertz CT molecular complexity index is 382. The van der Waals surface area contributed by atoms with Crippen LogP contribution in [0.25, 0.3) is 0 Å². The van der Waals surface area contributed by atoms with Gasteiger partial charge in [0.15, 0.2) is 5.78 Å². The van der Waals surface area contributed by atoms with Crippen LogP contribution in [0.2, 0.25) is 0 Å². The smallest absolute Gasteiger partial charge is 0.168 e. The molecule has 0 aliphatic rings. The SMILES string of the molecule is C=S(C)c1ccc(C(=O)C(C)(C)C)cc1. The first-order valence-electron chi connectivity index (χ1n) is 4.93. The molecule has 2 heteroatoms. The molecule has 1 aromatic rings. The zero-order valence-electron chi connectivity index (χ0n) is 9.83. The first kappa shape index (κ1) is 12.2. The van der Waals surface area contributed by atoms with E-state index in [1.807, 2.05) is 45.0 Å². The van der Waals surface area contributed by atoms with Gasteiger partial charge in [-0.15, -0.1) is 0 Å². The summed E-state index contributed by atoms with van der Waals surface area (Å²) in [7, 11) is 0.0171. The van der Waals surface area contributed by atoms with Crippen molar-refractivity contribution in [2.45, 2.75) is 25.7 Å². The third-order valence-corrected chi connectivity index (χ3v) is 3.28. The monoisotopic (exact) mass is 222 g/mol. The Kier molecular flexibility index (Phi) is 3.50. The normalized spacial score (nSPS) is 13.6. The maximum Gasteiger partial charge on any atom is 0.168 e. The van der Waals surface area contributed by atoms with Crippen LogP contribution in [-0.2, 0) is 0 Å². The molecule has 0 saturated carbocycles. The van der Waals surface area contributed by atoms with Crippen LogP contribution in [0.5, 0.6) is 0 Å². The van der Waals surface area contributed by atoms with Gasteiger partial charge in [-0.3, -0.25) is 4.79 Å². The summed E-state index contributed by atoms with van der Waals surface area (Å²) in [5.74, 6) is 4.16. The highest BCUT2D eigenvalue weighted by Crippen LogP contribution is 2.24. The molecule has 0 amide bonds. The second-order valence-corrected chi connectivity index (χ2v) is 6.49. The number of ketones is 1. The first-order valence-corrected chi connectivity index (χ1v) is 6.73. The third kappa shape index (κ3) is 3.03. The predicted molar refractivity (Wildman–Crippen MR) is 69.1 cm³/mol. The lowest BCUT2D eigenvalue weighted by atomic mass is 9.87. The Hall–Kier alpha value is -0.890. The first-order chi connectivity index (χ1) is 6.82. The molecule has 0 spiro atoms. The number of hydrogen-bond donors (Lipinski definition) is 0. The maximum atomic E-state index is 11.9. The van der Waals surface area contributed by atoms with Crippen LogP contribution in [0.15, 0.2) is 29.2 Å². The topological polar surface area (TPSA) is 17.1 Å². The average molecular weight is 222 g/mol. The molecule has 0 heterocycles. The van der Waals surface area contributed by atoms with E-state index in [2.05, 4.69) is 12.1 Å². The van der Waals surface area contributed by atoms with Crippen molar-refractivity contribution in [3.8, 4) is 0 Å². The summed E-state index contributed by atoms with van der Waals surface area (Å²) < 4.78 is 0. The van der Waals surface area contributed by atoms with Crippen molar-refractivity contribution in [2.24, 2.45) is 5.41 Å². The minimum absolute atomic E-state index is 0.0171. The van der Waals surface area contributed by atoms with Gasteiger partial charge in [0.05, 0.1) is 0 Å². The Balaban J connectivity index is 3.00. The lowest BCUT2D eigenvalue weighted by Gasteiger charge is -2.16. The van der Waals surface area contributed by atoms with Crippen molar-refractivity contribution in [1.82, 2.24) is 0 Å². The molecule has 0 aliphatic heterocycles. The van der Waals surface area contributed by atoms with Crippen molar-refractivity contribution in [2.75, 3.05) is 6.26 Å². The molecule has 1 unspecified atom stereocenters. The van der Waals surface area contributed by atoms with Crippen molar-refractivity contribution in [3.63, 3.8) is 0 Å². The second-order valence-electron chi connectivity index (χ2n) is 4.74. The molecule has 82 valence electrons.